The van der Waals surface area contributed by atoms with Crippen LogP contribution in [0.2, 0.25) is 0 Å². The summed E-state index contributed by atoms with van der Waals surface area (Å²) in [5, 5.41) is 8.13. The molecule has 31 heavy (non-hydrogen) atoms. The second-order valence-electron chi connectivity index (χ2n) is 7.50. The molecule has 1 aliphatic heterocycles. The Morgan fingerprint density at radius 2 is 2.06 bits per heavy atom. The highest BCUT2D eigenvalue weighted by Gasteiger charge is 2.50. The van der Waals surface area contributed by atoms with Gasteiger partial charge in [0.15, 0.2) is 16.9 Å². The van der Waals surface area contributed by atoms with Crippen LogP contribution in [0.1, 0.15) is 34.2 Å². The highest BCUT2D eigenvalue weighted by molar-refractivity contribution is 6.07. The fourth-order valence-corrected chi connectivity index (χ4v) is 3.65. The Labute approximate surface area is 178 Å². The van der Waals surface area contributed by atoms with E-state index in [1.807, 2.05) is 13.0 Å². The van der Waals surface area contributed by atoms with Crippen molar-refractivity contribution in [1.29, 1.82) is 0 Å². The van der Waals surface area contributed by atoms with Crippen molar-refractivity contribution in [3.05, 3.63) is 59.0 Å². The number of ether oxygens (including phenoxy) is 1. The van der Waals surface area contributed by atoms with Crippen molar-refractivity contribution in [2.75, 3.05) is 13.7 Å². The number of methoxy groups -OCH3 is 1. The number of aromatic nitrogens is 1. The highest BCUT2D eigenvalue weighted by Crippen LogP contribution is 2.30. The summed E-state index contributed by atoms with van der Waals surface area (Å²) in [7, 11) is 1.53. The molecule has 9 heteroatoms. The van der Waals surface area contributed by atoms with Gasteiger partial charge >= 0.3 is 6.03 Å². The molecule has 160 valence electrons. The molecule has 3 aromatic rings. The Hall–Kier alpha value is -3.72. The number of furan rings is 1. The van der Waals surface area contributed by atoms with Crippen LogP contribution in [-0.4, -0.2) is 36.4 Å². The third kappa shape index (κ3) is 3.75. The average molecular weight is 422 g/mol. The molecular formula is C22H22N4O5. The van der Waals surface area contributed by atoms with Crippen molar-refractivity contribution in [2.45, 2.75) is 25.9 Å². The molecule has 3 amide bonds. The number of hydrogen-bond acceptors (Lipinski definition) is 7. The zero-order valence-corrected chi connectivity index (χ0v) is 17.4. The van der Waals surface area contributed by atoms with E-state index in [9.17, 15) is 14.4 Å². The van der Waals surface area contributed by atoms with E-state index in [4.69, 9.17) is 9.15 Å². The molecular weight excluding hydrogens is 400 g/mol. The summed E-state index contributed by atoms with van der Waals surface area (Å²) in [6.45, 7) is 3.71. The molecule has 0 unspecified atom stereocenters. The maximum absolute atomic E-state index is 12.8. The molecule has 0 spiro atoms. The van der Waals surface area contributed by atoms with Crippen molar-refractivity contribution < 1.29 is 23.5 Å². The number of hydrogen-bond donors (Lipinski definition) is 3. The minimum Gasteiger partial charge on any atom is -0.497 e. The zero-order chi connectivity index (χ0) is 22.2. The monoisotopic (exact) mass is 422 g/mol. The van der Waals surface area contributed by atoms with Crippen molar-refractivity contribution in [1.82, 2.24) is 20.9 Å². The van der Waals surface area contributed by atoms with Crippen LogP contribution in [-0.2, 0) is 16.9 Å². The maximum Gasteiger partial charge on any atom is 0.322 e. The predicted molar refractivity (Wildman–Crippen MR) is 112 cm³/mol. The van der Waals surface area contributed by atoms with Gasteiger partial charge in [-0.15, -0.1) is 0 Å². The lowest BCUT2D eigenvalue weighted by atomic mass is 9.95. The lowest BCUT2D eigenvalue weighted by Crippen LogP contribution is -2.51. The molecule has 9 nitrogen and oxygen atoms in total. The third-order valence-corrected chi connectivity index (χ3v) is 5.27. The molecule has 0 saturated carbocycles. The van der Waals surface area contributed by atoms with Gasteiger partial charge in [-0.1, -0.05) is 6.07 Å². The second-order valence-corrected chi connectivity index (χ2v) is 7.50. The summed E-state index contributed by atoms with van der Waals surface area (Å²) in [6.07, 6.45) is 1.70. The molecule has 3 N–H and O–H groups in total. The second kappa shape index (κ2) is 7.84. The van der Waals surface area contributed by atoms with Crippen LogP contribution in [0.3, 0.4) is 0 Å². The van der Waals surface area contributed by atoms with Gasteiger partial charge in [-0.25, -0.2) is 4.79 Å². The number of benzene rings is 1. The van der Waals surface area contributed by atoms with Crippen molar-refractivity contribution >= 4 is 28.8 Å². The molecule has 0 radical (unpaired) electrons. The lowest BCUT2D eigenvalue weighted by molar-refractivity contribution is -0.124. The standard InChI is InChI=1S/C22H22N4O5/c1-12-6-18-17(24-9-12)8-19(31-18)22(20(28)25-21(29)26-22)11-23-10-14-4-5-15(30-3)7-16(14)13(2)27/h4-9,23H,10-11H2,1-3H3,(H2,25,26,28,29)/t22-/m0/s1. The van der Waals surface area contributed by atoms with Crippen LogP contribution in [0.5, 0.6) is 5.75 Å². The van der Waals surface area contributed by atoms with E-state index in [0.717, 1.165) is 11.1 Å². The molecule has 2 aromatic heterocycles. The Kier molecular flexibility index (Phi) is 5.20. The van der Waals surface area contributed by atoms with Crippen LogP contribution >= 0.6 is 0 Å². The van der Waals surface area contributed by atoms with Crippen LogP contribution in [0, 0.1) is 6.92 Å². The summed E-state index contributed by atoms with van der Waals surface area (Å²) in [4.78, 5) is 41.1. The molecule has 4 rings (SSSR count). The first-order valence-electron chi connectivity index (χ1n) is 9.71. The number of amides is 3. The highest BCUT2D eigenvalue weighted by atomic mass is 16.5. The largest absolute Gasteiger partial charge is 0.497 e. The first-order valence-corrected chi connectivity index (χ1v) is 9.71. The number of rotatable bonds is 7. The van der Waals surface area contributed by atoms with Gasteiger partial charge in [0, 0.05) is 30.9 Å². The van der Waals surface area contributed by atoms with Gasteiger partial charge < -0.3 is 19.8 Å². The molecule has 0 aliphatic carbocycles. The van der Waals surface area contributed by atoms with E-state index in [0.29, 0.717) is 29.0 Å². The summed E-state index contributed by atoms with van der Waals surface area (Å²) in [5.41, 5.74) is 1.85. The van der Waals surface area contributed by atoms with Gasteiger partial charge in [0.05, 0.1) is 7.11 Å². The number of fused-ring (bicyclic) bond motifs is 1. The van der Waals surface area contributed by atoms with Gasteiger partial charge in [0.25, 0.3) is 5.91 Å². The number of aryl methyl sites for hydroxylation is 1. The van der Waals surface area contributed by atoms with Crippen LogP contribution in [0.15, 0.2) is 40.9 Å². The number of nitrogens with zero attached hydrogens (tertiary/aromatic N) is 1. The smallest absolute Gasteiger partial charge is 0.322 e. The molecule has 3 heterocycles. The van der Waals surface area contributed by atoms with Gasteiger partial charge in [0.1, 0.15) is 17.0 Å². The fourth-order valence-electron chi connectivity index (χ4n) is 3.65. The summed E-state index contributed by atoms with van der Waals surface area (Å²) in [5.74, 6) is 0.231. The van der Waals surface area contributed by atoms with Crippen LogP contribution in [0.25, 0.3) is 11.1 Å². The number of nitrogens with one attached hydrogen (secondary N) is 3. The molecule has 1 aliphatic rings. The number of carbonyl (C=O) groups excluding carboxylic acids is 3. The minimum atomic E-state index is -1.44. The quantitative estimate of drug-likeness (QED) is 0.394. The van der Waals surface area contributed by atoms with E-state index in [1.54, 1.807) is 30.5 Å². The number of carbonyl (C=O) groups is 3. The zero-order valence-electron chi connectivity index (χ0n) is 17.4. The maximum atomic E-state index is 12.8. The fraction of sp³-hybridized carbons (Fsp3) is 0.273. The summed E-state index contributed by atoms with van der Waals surface area (Å²) < 4.78 is 11.1. The van der Waals surface area contributed by atoms with Crippen molar-refractivity contribution in [3.63, 3.8) is 0 Å². The minimum absolute atomic E-state index is 0.0484. The van der Waals surface area contributed by atoms with Gasteiger partial charge in [0.2, 0.25) is 0 Å². The average Bonchev–Trinajstić information content (AvgIpc) is 3.28. The number of pyridine rings is 1. The Morgan fingerprint density at radius 3 is 2.74 bits per heavy atom. The van der Waals surface area contributed by atoms with Gasteiger partial charge in [-0.05, 0) is 43.2 Å². The normalized spacial score (nSPS) is 18.2. The Bertz CT molecular complexity index is 1200. The van der Waals surface area contributed by atoms with E-state index in [-0.39, 0.29) is 18.1 Å². The summed E-state index contributed by atoms with van der Waals surface area (Å²) in [6, 6.07) is 8.08. The first kappa shape index (κ1) is 20.5. The van der Waals surface area contributed by atoms with E-state index >= 15 is 0 Å². The summed E-state index contributed by atoms with van der Waals surface area (Å²) >= 11 is 0. The molecule has 1 aromatic carbocycles. The number of urea groups is 1. The Balaban J connectivity index is 1.62. The van der Waals surface area contributed by atoms with Gasteiger partial charge in [-0.3, -0.25) is 19.9 Å². The SMILES string of the molecule is COc1ccc(CNC[C@@]2(c3cc4ncc(C)cc4o3)NC(=O)NC2=O)c(C(C)=O)c1. The van der Waals surface area contributed by atoms with Crippen molar-refractivity contribution in [2.24, 2.45) is 0 Å². The lowest BCUT2D eigenvalue weighted by Gasteiger charge is -2.24. The molecule has 1 saturated heterocycles. The molecule has 0 bridgehead atoms. The van der Waals surface area contributed by atoms with E-state index in [1.165, 1.54) is 14.0 Å². The van der Waals surface area contributed by atoms with Crippen molar-refractivity contribution in [3.8, 4) is 5.75 Å². The third-order valence-electron chi connectivity index (χ3n) is 5.27. The number of imide groups is 1. The molecule has 1 fully saturated rings. The molecule has 1 atom stereocenters. The van der Waals surface area contributed by atoms with Crippen LogP contribution < -0.4 is 20.7 Å². The Morgan fingerprint density at radius 1 is 1.26 bits per heavy atom. The van der Waals surface area contributed by atoms with E-state index < -0.39 is 17.5 Å². The predicted octanol–water partition coefficient (Wildman–Crippen LogP) is 2.17. The first-order chi connectivity index (χ1) is 14.8. The van der Waals surface area contributed by atoms with E-state index in [2.05, 4.69) is 20.9 Å². The van der Waals surface area contributed by atoms with Crippen LogP contribution in [0.4, 0.5) is 4.79 Å². The van der Waals surface area contributed by atoms with Gasteiger partial charge in [-0.2, -0.15) is 0 Å². The topological polar surface area (TPSA) is 123 Å². The number of ketones is 1. The number of Topliss-reactive ketones (excluding diaryl/α,β-unsaturated/α-hetero) is 1.